The summed E-state index contributed by atoms with van der Waals surface area (Å²) in [6.07, 6.45) is 0. The molecule has 3 rings (SSSR count). The van der Waals surface area contributed by atoms with E-state index in [0.29, 0.717) is 12.4 Å². The van der Waals surface area contributed by atoms with Gasteiger partial charge in [-0.25, -0.2) is 0 Å². The van der Waals surface area contributed by atoms with Gasteiger partial charge in [0.25, 0.3) is 5.91 Å². The maximum absolute atomic E-state index is 13.0. The minimum atomic E-state index is -0.0190. The van der Waals surface area contributed by atoms with E-state index < -0.39 is 0 Å². The maximum atomic E-state index is 13.0. The van der Waals surface area contributed by atoms with Crippen LogP contribution in [0.2, 0.25) is 0 Å². The van der Waals surface area contributed by atoms with Crippen LogP contribution < -0.4 is 9.80 Å². The number of hydrogen-bond donors (Lipinski definition) is 0. The molecule has 3 heteroatoms. The lowest BCUT2D eigenvalue weighted by Crippen LogP contribution is -2.28. The van der Waals surface area contributed by atoms with Crippen molar-refractivity contribution in [3.05, 3.63) is 69.9 Å². The van der Waals surface area contributed by atoms with Crippen LogP contribution in [0.5, 0.6) is 0 Å². The zero-order valence-corrected chi connectivity index (χ0v) is 16.0. The largest absolute Gasteiger partial charge is 0.318 e. The number of rotatable bonds is 2. The molecule has 130 valence electrons. The van der Waals surface area contributed by atoms with E-state index in [4.69, 9.17) is 0 Å². The van der Waals surface area contributed by atoms with E-state index in [1.807, 2.05) is 9.80 Å². The van der Waals surface area contributed by atoms with E-state index >= 15 is 0 Å². The quantitative estimate of drug-likeness (QED) is 0.732. The van der Waals surface area contributed by atoms with Gasteiger partial charge in [0, 0.05) is 5.69 Å². The summed E-state index contributed by atoms with van der Waals surface area (Å²) in [7, 11) is 0. The van der Waals surface area contributed by atoms with E-state index in [2.05, 4.69) is 72.4 Å². The summed E-state index contributed by atoms with van der Waals surface area (Å²) in [5.41, 5.74) is 9.67. The summed E-state index contributed by atoms with van der Waals surface area (Å²) >= 11 is 0. The summed E-state index contributed by atoms with van der Waals surface area (Å²) in [5.74, 6) is -0.0190. The molecule has 1 heterocycles. The summed E-state index contributed by atoms with van der Waals surface area (Å²) < 4.78 is 0. The molecule has 1 aliphatic rings. The number of carbonyl (C=O) groups is 1. The highest BCUT2D eigenvalue weighted by Gasteiger charge is 2.35. The Bertz CT molecular complexity index is 775. The number of carbonyl (C=O) groups excluding carboxylic acids is 1. The normalized spacial score (nSPS) is 14.6. The van der Waals surface area contributed by atoms with Gasteiger partial charge in [-0.05, 0) is 63.8 Å². The molecule has 0 aliphatic carbocycles. The molecule has 1 amide bonds. The maximum Gasteiger partial charge on any atom is 0.275 e. The van der Waals surface area contributed by atoms with Crippen molar-refractivity contribution in [2.45, 2.75) is 41.5 Å². The molecular weight excluding hydrogens is 308 g/mol. The third-order valence-electron chi connectivity index (χ3n) is 4.91. The molecule has 0 bridgehead atoms. The molecule has 3 nitrogen and oxygen atoms in total. The molecule has 25 heavy (non-hydrogen) atoms. The third-order valence-corrected chi connectivity index (χ3v) is 4.91. The van der Waals surface area contributed by atoms with Gasteiger partial charge < -0.3 is 4.90 Å². The van der Waals surface area contributed by atoms with Gasteiger partial charge in [-0.3, -0.25) is 9.69 Å². The van der Waals surface area contributed by atoms with Crippen LogP contribution in [0.15, 0.2) is 36.5 Å². The molecule has 1 fully saturated rings. The number of benzene rings is 2. The average molecular weight is 334 g/mol. The highest BCUT2D eigenvalue weighted by molar-refractivity contribution is 6.12. The highest BCUT2D eigenvalue weighted by atomic mass is 16.2. The van der Waals surface area contributed by atoms with Crippen molar-refractivity contribution in [1.29, 1.82) is 0 Å². The lowest BCUT2D eigenvalue weighted by molar-refractivity contribution is -0.114. The van der Waals surface area contributed by atoms with Crippen molar-refractivity contribution in [2.24, 2.45) is 0 Å². The fourth-order valence-electron chi connectivity index (χ4n) is 4.14. The van der Waals surface area contributed by atoms with E-state index in [9.17, 15) is 4.79 Å². The first-order chi connectivity index (χ1) is 11.7. The number of aryl methyl sites for hydroxylation is 6. The predicted molar refractivity (Wildman–Crippen MR) is 105 cm³/mol. The van der Waals surface area contributed by atoms with Crippen LogP contribution in [0.25, 0.3) is 0 Å². The summed E-state index contributed by atoms with van der Waals surface area (Å²) in [4.78, 5) is 16.9. The van der Waals surface area contributed by atoms with Crippen LogP contribution in [0.4, 0.5) is 11.4 Å². The molecular formula is C22H26N2O. The van der Waals surface area contributed by atoms with Crippen LogP contribution in [-0.4, -0.2) is 12.6 Å². The predicted octanol–water partition coefficient (Wildman–Crippen LogP) is 4.86. The van der Waals surface area contributed by atoms with Crippen molar-refractivity contribution >= 4 is 17.3 Å². The number of nitrogens with zero attached hydrogens (tertiary/aromatic N) is 2. The first kappa shape index (κ1) is 17.3. The van der Waals surface area contributed by atoms with Gasteiger partial charge in [-0.2, -0.15) is 0 Å². The highest BCUT2D eigenvalue weighted by Crippen LogP contribution is 2.36. The van der Waals surface area contributed by atoms with E-state index in [1.165, 1.54) is 22.3 Å². The Kier molecular flexibility index (Phi) is 4.19. The van der Waals surface area contributed by atoms with Gasteiger partial charge >= 0.3 is 0 Å². The SMILES string of the molecule is C=C1C(=O)N(c2c(C)cc(C)cc2C)CN1c1c(C)cc(C)cc1C. The summed E-state index contributed by atoms with van der Waals surface area (Å²) in [6.45, 7) is 17.1. The fourth-order valence-corrected chi connectivity index (χ4v) is 4.14. The number of amides is 1. The Morgan fingerprint density at radius 2 is 1.08 bits per heavy atom. The lowest BCUT2D eigenvalue weighted by atomic mass is 10.0. The van der Waals surface area contributed by atoms with Crippen LogP contribution in [0.1, 0.15) is 33.4 Å². The van der Waals surface area contributed by atoms with Crippen molar-refractivity contribution in [3.63, 3.8) is 0 Å². The minimum Gasteiger partial charge on any atom is -0.318 e. The van der Waals surface area contributed by atoms with Gasteiger partial charge in [0.05, 0.1) is 5.69 Å². The minimum absolute atomic E-state index is 0.0190. The molecule has 1 saturated heterocycles. The second kappa shape index (κ2) is 6.07. The Morgan fingerprint density at radius 1 is 0.720 bits per heavy atom. The molecule has 0 unspecified atom stereocenters. The molecule has 0 atom stereocenters. The first-order valence-electron chi connectivity index (χ1n) is 8.64. The molecule has 0 saturated carbocycles. The zero-order chi connectivity index (χ0) is 18.5. The van der Waals surface area contributed by atoms with Crippen molar-refractivity contribution in [3.8, 4) is 0 Å². The summed E-state index contributed by atoms with van der Waals surface area (Å²) in [5, 5.41) is 0. The molecule has 1 aliphatic heterocycles. The molecule has 2 aromatic carbocycles. The van der Waals surface area contributed by atoms with Gasteiger partial charge in [0.2, 0.25) is 0 Å². The van der Waals surface area contributed by atoms with Crippen molar-refractivity contribution in [1.82, 2.24) is 0 Å². The van der Waals surface area contributed by atoms with Gasteiger partial charge in [-0.15, -0.1) is 0 Å². The topological polar surface area (TPSA) is 23.6 Å². The third kappa shape index (κ3) is 2.84. The number of hydrogen-bond acceptors (Lipinski definition) is 2. The van der Waals surface area contributed by atoms with Gasteiger partial charge in [0.15, 0.2) is 0 Å². The Labute approximate surface area is 150 Å². The van der Waals surface area contributed by atoms with Crippen LogP contribution in [-0.2, 0) is 4.79 Å². The Hall–Kier alpha value is -2.55. The Morgan fingerprint density at radius 3 is 1.48 bits per heavy atom. The first-order valence-corrected chi connectivity index (χ1v) is 8.64. The smallest absolute Gasteiger partial charge is 0.275 e. The second-order valence-corrected chi connectivity index (χ2v) is 7.24. The van der Waals surface area contributed by atoms with E-state index in [1.54, 1.807) is 0 Å². The van der Waals surface area contributed by atoms with Crippen molar-refractivity contribution in [2.75, 3.05) is 16.5 Å². The zero-order valence-electron chi connectivity index (χ0n) is 16.0. The standard InChI is InChI=1S/C22H26N2O/c1-13-8-15(3)20(16(4)9-13)23-12-24(22(25)19(23)7)21-17(5)10-14(2)11-18(21)6/h8-11H,7,12H2,1-6H3. The molecule has 0 spiro atoms. The van der Waals surface area contributed by atoms with Crippen LogP contribution >= 0.6 is 0 Å². The van der Waals surface area contributed by atoms with Gasteiger partial charge in [-0.1, -0.05) is 42.0 Å². The van der Waals surface area contributed by atoms with E-state index in [0.717, 1.165) is 22.5 Å². The molecule has 0 aromatic heterocycles. The summed E-state index contributed by atoms with van der Waals surface area (Å²) in [6, 6.07) is 8.57. The van der Waals surface area contributed by atoms with Crippen molar-refractivity contribution < 1.29 is 4.79 Å². The van der Waals surface area contributed by atoms with Gasteiger partial charge in [0.1, 0.15) is 12.4 Å². The second-order valence-electron chi connectivity index (χ2n) is 7.24. The monoisotopic (exact) mass is 334 g/mol. The fraction of sp³-hybridized carbons (Fsp3) is 0.318. The lowest BCUT2D eigenvalue weighted by Gasteiger charge is -2.25. The van der Waals surface area contributed by atoms with Crippen LogP contribution in [0, 0.1) is 41.5 Å². The molecule has 0 N–H and O–H groups in total. The Balaban J connectivity index is 2.07. The number of anilines is 2. The molecule has 2 aromatic rings. The van der Waals surface area contributed by atoms with E-state index in [-0.39, 0.29) is 5.91 Å². The molecule has 0 radical (unpaired) electrons. The average Bonchev–Trinajstić information content (AvgIpc) is 2.74. The van der Waals surface area contributed by atoms with Crippen LogP contribution in [0.3, 0.4) is 0 Å².